The minimum Gasteiger partial charge on any atom is -0.365 e. The number of fused-ring (bicyclic) bond motifs is 1. The lowest BCUT2D eigenvalue weighted by Gasteiger charge is -2.32. The first-order valence-electron chi connectivity index (χ1n) is 6.32. The molecule has 1 aliphatic carbocycles. The second-order valence-electron chi connectivity index (χ2n) is 5.01. The third kappa shape index (κ3) is 3.14. The molecule has 1 heterocycles. The van der Waals surface area contributed by atoms with Crippen LogP contribution in [-0.4, -0.2) is 41.7 Å². The molecule has 1 fully saturated rings. The van der Waals surface area contributed by atoms with Gasteiger partial charge in [-0.05, 0) is 30.9 Å². The van der Waals surface area contributed by atoms with Gasteiger partial charge in [-0.25, -0.2) is 0 Å². The number of alkyl halides is 5. The SMILES string of the molecule is O=C1C=C2CCCCN(CC(F)(F)C(F)(F)F)C2=CC1=O. The highest BCUT2D eigenvalue weighted by Gasteiger charge is 2.58. The molecule has 0 aromatic heterocycles. The van der Waals surface area contributed by atoms with Crippen LogP contribution in [0.25, 0.3) is 0 Å². The van der Waals surface area contributed by atoms with Gasteiger partial charge in [-0.1, -0.05) is 0 Å². The molecule has 21 heavy (non-hydrogen) atoms. The molecule has 0 radical (unpaired) electrons. The predicted molar refractivity (Wildman–Crippen MR) is 62.6 cm³/mol. The van der Waals surface area contributed by atoms with Gasteiger partial charge in [-0.15, -0.1) is 0 Å². The number of ketones is 2. The Morgan fingerprint density at radius 3 is 2.24 bits per heavy atom. The lowest BCUT2D eigenvalue weighted by Crippen LogP contribution is -2.47. The molecule has 3 nitrogen and oxygen atoms in total. The van der Waals surface area contributed by atoms with Crippen LogP contribution in [0.1, 0.15) is 19.3 Å². The third-order valence-corrected chi connectivity index (χ3v) is 3.41. The Balaban J connectivity index is 2.30. The van der Waals surface area contributed by atoms with E-state index in [0.29, 0.717) is 24.8 Å². The molecule has 1 saturated heterocycles. The smallest absolute Gasteiger partial charge is 0.365 e. The minimum atomic E-state index is -5.65. The summed E-state index contributed by atoms with van der Waals surface area (Å²) in [6.07, 6.45) is -2.43. The van der Waals surface area contributed by atoms with E-state index in [1.165, 1.54) is 0 Å². The number of hydrogen-bond acceptors (Lipinski definition) is 3. The van der Waals surface area contributed by atoms with Gasteiger partial charge in [0.15, 0.2) is 0 Å². The molecular weight excluding hydrogens is 297 g/mol. The summed E-state index contributed by atoms with van der Waals surface area (Å²) in [7, 11) is 0. The van der Waals surface area contributed by atoms with Gasteiger partial charge >= 0.3 is 12.1 Å². The highest BCUT2D eigenvalue weighted by Crippen LogP contribution is 2.38. The summed E-state index contributed by atoms with van der Waals surface area (Å²) < 4.78 is 63.4. The van der Waals surface area contributed by atoms with Crippen molar-refractivity contribution in [2.45, 2.75) is 31.4 Å². The van der Waals surface area contributed by atoms with Crippen molar-refractivity contribution < 1.29 is 31.5 Å². The molecule has 0 bridgehead atoms. The van der Waals surface area contributed by atoms with Crippen molar-refractivity contribution in [3.05, 3.63) is 23.4 Å². The quantitative estimate of drug-likeness (QED) is 0.447. The fourth-order valence-corrected chi connectivity index (χ4v) is 2.32. The number of halogens is 5. The van der Waals surface area contributed by atoms with Gasteiger partial charge in [-0.3, -0.25) is 9.59 Å². The summed E-state index contributed by atoms with van der Waals surface area (Å²) in [5, 5.41) is 0. The van der Waals surface area contributed by atoms with E-state index in [-0.39, 0.29) is 12.2 Å². The van der Waals surface area contributed by atoms with Gasteiger partial charge in [0, 0.05) is 18.3 Å². The number of rotatable bonds is 2. The molecule has 0 atom stereocenters. The number of carbonyl (C=O) groups is 2. The predicted octanol–water partition coefficient (Wildman–Crippen LogP) is 2.63. The molecule has 0 amide bonds. The van der Waals surface area contributed by atoms with Crippen LogP contribution in [0.15, 0.2) is 23.4 Å². The zero-order valence-electron chi connectivity index (χ0n) is 10.8. The topological polar surface area (TPSA) is 37.4 Å². The van der Waals surface area contributed by atoms with Crippen LogP contribution in [0, 0.1) is 0 Å². The number of carbonyl (C=O) groups excluding carboxylic acids is 2. The van der Waals surface area contributed by atoms with Crippen LogP contribution in [0.3, 0.4) is 0 Å². The maximum atomic E-state index is 13.2. The van der Waals surface area contributed by atoms with Crippen molar-refractivity contribution in [3.63, 3.8) is 0 Å². The number of likely N-dealkylation sites (tertiary alicyclic amines) is 1. The Morgan fingerprint density at radius 2 is 1.62 bits per heavy atom. The van der Waals surface area contributed by atoms with Crippen molar-refractivity contribution in [1.82, 2.24) is 4.90 Å². The fraction of sp³-hybridized carbons (Fsp3) is 0.538. The summed E-state index contributed by atoms with van der Waals surface area (Å²) >= 11 is 0. The van der Waals surface area contributed by atoms with Crippen molar-refractivity contribution in [2.75, 3.05) is 13.1 Å². The van der Waals surface area contributed by atoms with Crippen LogP contribution >= 0.6 is 0 Å². The van der Waals surface area contributed by atoms with Gasteiger partial charge in [0.1, 0.15) is 0 Å². The first kappa shape index (κ1) is 15.7. The average Bonchev–Trinajstić information content (AvgIpc) is 2.52. The zero-order valence-corrected chi connectivity index (χ0v) is 10.8. The van der Waals surface area contributed by atoms with E-state index in [9.17, 15) is 31.5 Å². The van der Waals surface area contributed by atoms with Gasteiger partial charge < -0.3 is 4.90 Å². The second kappa shape index (κ2) is 5.23. The van der Waals surface area contributed by atoms with E-state index >= 15 is 0 Å². The molecule has 0 spiro atoms. The van der Waals surface area contributed by atoms with Crippen LogP contribution in [0.5, 0.6) is 0 Å². The summed E-state index contributed by atoms with van der Waals surface area (Å²) in [4.78, 5) is 23.5. The molecule has 116 valence electrons. The van der Waals surface area contributed by atoms with Crippen LogP contribution in [0.2, 0.25) is 0 Å². The molecule has 0 unspecified atom stereocenters. The molecule has 0 aromatic rings. The lowest BCUT2D eigenvalue weighted by atomic mass is 9.97. The normalized spacial score (nSPS) is 20.7. The molecule has 0 saturated carbocycles. The molecule has 1 aliphatic heterocycles. The van der Waals surface area contributed by atoms with E-state index in [1.807, 2.05) is 0 Å². The van der Waals surface area contributed by atoms with Crippen molar-refractivity contribution in [3.8, 4) is 0 Å². The van der Waals surface area contributed by atoms with Crippen LogP contribution < -0.4 is 0 Å². The first-order chi connectivity index (χ1) is 9.62. The maximum Gasteiger partial charge on any atom is 0.455 e. The summed E-state index contributed by atoms with van der Waals surface area (Å²) in [5.41, 5.74) is 0.344. The number of allylic oxidation sites excluding steroid dienone is 3. The molecule has 2 rings (SSSR count). The standard InChI is InChI=1S/C13H12F5NO2/c14-12(15,13(16,17)18)7-19-4-2-1-3-8-5-10(20)11(21)6-9(8)19/h5-6H,1-4,7H2. The van der Waals surface area contributed by atoms with Gasteiger partial charge in [0.05, 0.1) is 6.54 Å². The summed E-state index contributed by atoms with van der Waals surface area (Å²) in [6, 6.07) is 0. The van der Waals surface area contributed by atoms with Crippen molar-refractivity contribution in [1.29, 1.82) is 0 Å². The Bertz CT molecular complexity index is 533. The van der Waals surface area contributed by atoms with Crippen LogP contribution in [-0.2, 0) is 9.59 Å². The maximum absolute atomic E-state index is 13.2. The number of hydrogen-bond donors (Lipinski definition) is 0. The third-order valence-electron chi connectivity index (χ3n) is 3.41. The zero-order chi connectivity index (χ0) is 15.8. The van der Waals surface area contributed by atoms with Crippen molar-refractivity contribution >= 4 is 11.6 Å². The highest BCUT2D eigenvalue weighted by atomic mass is 19.4. The second-order valence-corrected chi connectivity index (χ2v) is 5.01. The van der Waals surface area contributed by atoms with E-state index < -0.39 is 30.2 Å². The monoisotopic (exact) mass is 309 g/mol. The van der Waals surface area contributed by atoms with Crippen molar-refractivity contribution in [2.24, 2.45) is 0 Å². The highest BCUT2D eigenvalue weighted by molar-refractivity contribution is 6.46. The summed E-state index contributed by atoms with van der Waals surface area (Å²) in [6.45, 7) is -1.57. The molecule has 2 aliphatic rings. The minimum absolute atomic E-state index is 0.000949. The molecule has 8 heteroatoms. The van der Waals surface area contributed by atoms with E-state index in [2.05, 4.69) is 0 Å². The van der Waals surface area contributed by atoms with Gasteiger partial charge in [0.25, 0.3) is 0 Å². The van der Waals surface area contributed by atoms with Gasteiger partial charge in [-0.2, -0.15) is 22.0 Å². The molecule has 0 aromatic carbocycles. The Labute approximate surface area is 117 Å². The Morgan fingerprint density at radius 1 is 1.00 bits per heavy atom. The van der Waals surface area contributed by atoms with Crippen LogP contribution in [0.4, 0.5) is 22.0 Å². The first-order valence-corrected chi connectivity index (χ1v) is 6.32. The fourth-order valence-electron chi connectivity index (χ4n) is 2.32. The van der Waals surface area contributed by atoms with E-state index in [4.69, 9.17) is 0 Å². The van der Waals surface area contributed by atoms with Gasteiger partial charge in [0.2, 0.25) is 11.6 Å². The molecular formula is C13H12F5NO2. The summed E-state index contributed by atoms with van der Waals surface area (Å²) in [5.74, 6) is -6.57. The largest absolute Gasteiger partial charge is 0.455 e. The average molecular weight is 309 g/mol. The van der Waals surface area contributed by atoms with E-state index in [0.717, 1.165) is 17.1 Å². The van der Waals surface area contributed by atoms with E-state index in [1.54, 1.807) is 0 Å². The Kier molecular flexibility index (Phi) is 3.90. The number of nitrogens with zero attached hydrogens (tertiary/aromatic N) is 1. The Hall–Kier alpha value is -1.73. The lowest BCUT2D eigenvalue weighted by molar-refractivity contribution is -0.285. The molecule has 0 N–H and O–H groups in total.